The summed E-state index contributed by atoms with van der Waals surface area (Å²) in [6.07, 6.45) is 1.33. The van der Waals surface area contributed by atoms with Gasteiger partial charge in [0.25, 0.3) is 0 Å². The van der Waals surface area contributed by atoms with Crippen molar-refractivity contribution in [1.29, 1.82) is 0 Å². The van der Waals surface area contributed by atoms with Crippen LogP contribution in [0.15, 0.2) is 24.3 Å². The Hall–Kier alpha value is -0.860. The number of ether oxygens (including phenoxy) is 1. The third kappa shape index (κ3) is 3.32. The van der Waals surface area contributed by atoms with Gasteiger partial charge in [0.15, 0.2) is 0 Å². The Morgan fingerprint density at radius 2 is 2.00 bits per heavy atom. The number of methoxy groups -OCH3 is 1. The van der Waals surface area contributed by atoms with E-state index in [1.54, 1.807) is 7.11 Å². The molecule has 0 aliphatic carbocycles. The Balaban J connectivity index is 2.87. The van der Waals surface area contributed by atoms with Crippen molar-refractivity contribution in [1.82, 2.24) is 5.32 Å². The number of hydrogen-bond donors (Lipinski definition) is 1. The molecule has 0 fully saturated rings. The maximum atomic E-state index is 5.46. The fraction of sp³-hybridized carbons (Fsp3) is 0.571. The van der Waals surface area contributed by atoms with Gasteiger partial charge in [-0.25, -0.2) is 0 Å². The van der Waals surface area contributed by atoms with E-state index in [4.69, 9.17) is 4.74 Å². The van der Waals surface area contributed by atoms with Gasteiger partial charge in [-0.15, -0.1) is 0 Å². The third-order valence-corrected chi connectivity index (χ3v) is 2.98. The predicted molar refractivity (Wildman–Crippen MR) is 68.7 cm³/mol. The molecule has 2 atom stereocenters. The van der Waals surface area contributed by atoms with Gasteiger partial charge in [-0.2, -0.15) is 0 Å². The van der Waals surface area contributed by atoms with Crippen LogP contribution in [-0.4, -0.2) is 19.8 Å². The van der Waals surface area contributed by atoms with Crippen LogP contribution in [-0.2, 0) is 4.74 Å². The lowest BCUT2D eigenvalue weighted by molar-refractivity contribution is 0.0828. The van der Waals surface area contributed by atoms with Crippen molar-refractivity contribution in [2.24, 2.45) is 0 Å². The van der Waals surface area contributed by atoms with Crippen molar-refractivity contribution in [2.45, 2.75) is 39.3 Å². The van der Waals surface area contributed by atoms with Gasteiger partial charge in [-0.1, -0.05) is 31.2 Å². The molecule has 0 radical (unpaired) electrons. The first-order valence-corrected chi connectivity index (χ1v) is 6.02. The molecule has 0 bridgehead atoms. The highest BCUT2D eigenvalue weighted by Gasteiger charge is 2.19. The van der Waals surface area contributed by atoms with E-state index in [1.165, 1.54) is 11.1 Å². The first-order valence-electron chi connectivity index (χ1n) is 6.02. The first kappa shape index (κ1) is 13.2. The largest absolute Gasteiger partial charge is 0.380 e. The van der Waals surface area contributed by atoms with Gasteiger partial charge in [0.1, 0.15) is 0 Å². The smallest absolute Gasteiger partial charge is 0.0737 e. The van der Waals surface area contributed by atoms with Gasteiger partial charge in [0.05, 0.1) is 12.1 Å². The average molecular weight is 221 g/mol. The molecule has 1 aromatic carbocycles. The predicted octanol–water partition coefficient (Wildman–Crippen LogP) is 3.07. The zero-order chi connectivity index (χ0) is 12.0. The normalized spacial score (nSPS) is 14.8. The van der Waals surface area contributed by atoms with E-state index in [0.717, 1.165) is 13.0 Å². The summed E-state index contributed by atoms with van der Waals surface area (Å²) >= 11 is 0. The summed E-state index contributed by atoms with van der Waals surface area (Å²) in [7, 11) is 1.77. The third-order valence-electron chi connectivity index (χ3n) is 2.98. The molecular formula is C14H23NO. The van der Waals surface area contributed by atoms with E-state index in [9.17, 15) is 0 Å². The molecule has 0 saturated carbocycles. The fourth-order valence-electron chi connectivity index (χ4n) is 1.90. The second-order valence-corrected chi connectivity index (χ2v) is 4.23. The molecule has 2 heteroatoms. The van der Waals surface area contributed by atoms with Crippen molar-refractivity contribution in [3.05, 3.63) is 35.4 Å². The summed E-state index contributed by atoms with van der Waals surface area (Å²) in [4.78, 5) is 0. The van der Waals surface area contributed by atoms with Crippen LogP contribution in [0.25, 0.3) is 0 Å². The van der Waals surface area contributed by atoms with Crippen LogP contribution in [0, 0.1) is 6.92 Å². The monoisotopic (exact) mass is 221 g/mol. The highest BCUT2D eigenvalue weighted by Crippen LogP contribution is 2.22. The van der Waals surface area contributed by atoms with Gasteiger partial charge in [-0.05, 0) is 37.9 Å². The Bertz CT molecular complexity index is 311. The average Bonchev–Trinajstić information content (AvgIpc) is 2.31. The molecule has 16 heavy (non-hydrogen) atoms. The van der Waals surface area contributed by atoms with Crippen molar-refractivity contribution in [3.8, 4) is 0 Å². The molecule has 2 nitrogen and oxygen atoms in total. The van der Waals surface area contributed by atoms with Crippen LogP contribution < -0.4 is 5.32 Å². The first-order chi connectivity index (χ1) is 7.70. The molecule has 90 valence electrons. The number of rotatable bonds is 6. The summed E-state index contributed by atoms with van der Waals surface area (Å²) in [5.41, 5.74) is 2.66. The van der Waals surface area contributed by atoms with Gasteiger partial charge in [-0.3, -0.25) is 0 Å². The molecule has 0 aromatic heterocycles. The number of benzene rings is 1. The van der Waals surface area contributed by atoms with E-state index < -0.39 is 0 Å². The lowest BCUT2D eigenvalue weighted by atomic mass is 9.97. The minimum absolute atomic E-state index is 0.188. The molecule has 2 unspecified atom stereocenters. The Morgan fingerprint density at radius 3 is 2.56 bits per heavy atom. The fourth-order valence-corrected chi connectivity index (χ4v) is 1.90. The summed E-state index contributed by atoms with van der Waals surface area (Å²) in [5.74, 6) is 0. The Morgan fingerprint density at radius 1 is 1.31 bits per heavy atom. The number of nitrogens with one attached hydrogen (secondary N) is 1. The van der Waals surface area contributed by atoms with Gasteiger partial charge in [0.2, 0.25) is 0 Å². The minimum atomic E-state index is 0.188. The van der Waals surface area contributed by atoms with Crippen molar-refractivity contribution in [3.63, 3.8) is 0 Å². The van der Waals surface area contributed by atoms with E-state index in [0.29, 0.717) is 0 Å². The number of aryl methyl sites for hydroxylation is 1. The van der Waals surface area contributed by atoms with E-state index in [1.807, 2.05) is 0 Å². The molecule has 0 spiro atoms. The molecule has 0 aliphatic rings. The van der Waals surface area contributed by atoms with Crippen LogP contribution in [0.4, 0.5) is 0 Å². The molecule has 1 aromatic rings. The SMILES string of the molecule is CCCNC(c1ccccc1C)C(C)OC. The zero-order valence-electron chi connectivity index (χ0n) is 10.8. The lowest BCUT2D eigenvalue weighted by Gasteiger charge is -2.26. The minimum Gasteiger partial charge on any atom is -0.380 e. The summed E-state index contributed by atoms with van der Waals surface area (Å²) in [6, 6.07) is 8.78. The topological polar surface area (TPSA) is 21.3 Å². The van der Waals surface area contributed by atoms with Crippen molar-refractivity contribution < 1.29 is 4.74 Å². The molecule has 0 heterocycles. The molecule has 1 N–H and O–H groups in total. The highest BCUT2D eigenvalue weighted by atomic mass is 16.5. The summed E-state index contributed by atoms with van der Waals surface area (Å²) < 4.78 is 5.46. The second kappa shape index (κ2) is 6.66. The quantitative estimate of drug-likeness (QED) is 0.797. The van der Waals surface area contributed by atoms with Crippen molar-refractivity contribution in [2.75, 3.05) is 13.7 Å². The van der Waals surface area contributed by atoms with E-state index >= 15 is 0 Å². The van der Waals surface area contributed by atoms with Crippen LogP contribution in [0.5, 0.6) is 0 Å². The van der Waals surface area contributed by atoms with Crippen LogP contribution in [0.1, 0.15) is 37.4 Å². The summed E-state index contributed by atoms with van der Waals surface area (Å²) in [6.45, 7) is 7.46. The maximum absolute atomic E-state index is 5.46. The standard InChI is InChI=1S/C14H23NO/c1-5-10-15-14(12(3)16-4)13-9-7-6-8-11(13)2/h6-9,12,14-15H,5,10H2,1-4H3. The van der Waals surface area contributed by atoms with E-state index in [2.05, 4.69) is 50.4 Å². The highest BCUT2D eigenvalue weighted by molar-refractivity contribution is 5.29. The van der Waals surface area contributed by atoms with Crippen molar-refractivity contribution >= 4 is 0 Å². The zero-order valence-corrected chi connectivity index (χ0v) is 10.8. The second-order valence-electron chi connectivity index (χ2n) is 4.23. The van der Waals surface area contributed by atoms with Crippen LogP contribution in [0.3, 0.4) is 0 Å². The molecule has 0 saturated heterocycles. The molecule has 0 aliphatic heterocycles. The maximum Gasteiger partial charge on any atom is 0.0737 e. The van der Waals surface area contributed by atoms with Crippen LogP contribution in [0.2, 0.25) is 0 Å². The molecular weight excluding hydrogens is 198 g/mol. The Kier molecular flexibility index (Phi) is 5.50. The molecule has 0 amide bonds. The van der Waals surface area contributed by atoms with Crippen LogP contribution >= 0.6 is 0 Å². The van der Waals surface area contributed by atoms with Gasteiger partial charge in [0, 0.05) is 7.11 Å². The van der Waals surface area contributed by atoms with Gasteiger partial charge >= 0.3 is 0 Å². The molecule has 1 rings (SSSR count). The van der Waals surface area contributed by atoms with Gasteiger partial charge < -0.3 is 10.1 Å². The van der Waals surface area contributed by atoms with E-state index in [-0.39, 0.29) is 12.1 Å². The number of hydrogen-bond acceptors (Lipinski definition) is 2. The summed E-state index contributed by atoms with van der Waals surface area (Å²) in [5, 5.41) is 3.55. The lowest BCUT2D eigenvalue weighted by Crippen LogP contribution is -2.32. The Labute approximate surface area is 99.0 Å².